The Hall–Kier alpha value is -1.89. The number of hydrogen-bond acceptors (Lipinski definition) is 5. The Labute approximate surface area is 166 Å². The molecular formula is C21H32N4O3. The normalized spacial score (nSPS) is 27.6. The molecule has 2 N–H and O–H groups in total. The highest BCUT2D eigenvalue weighted by Gasteiger charge is 2.47. The van der Waals surface area contributed by atoms with E-state index in [9.17, 15) is 9.59 Å². The first-order valence-corrected chi connectivity index (χ1v) is 10.7. The van der Waals surface area contributed by atoms with Crippen LogP contribution in [0.3, 0.4) is 0 Å². The number of aryl methyl sites for hydroxylation is 2. The lowest BCUT2D eigenvalue weighted by Gasteiger charge is -2.27. The second kappa shape index (κ2) is 7.85. The maximum atomic E-state index is 12.8. The second-order valence-corrected chi connectivity index (χ2v) is 8.93. The standard InChI is InChI=1S/C21H32N4O3/c1-12(2)20(22-13(3)26)21(27)24-16-10-14-8-9-17(16)25(14)11-19-23-15-6-4-5-7-18(15)28-19/h12,14,16-17,20H,4-11H2,1-3H3,(H,22,26)(H,24,27)/t14-,16-,17+,20-/m1/s1. The number of carbonyl (C=O) groups is 2. The van der Waals surface area contributed by atoms with Gasteiger partial charge in [-0.05, 0) is 44.4 Å². The molecule has 0 aromatic carbocycles. The van der Waals surface area contributed by atoms with Crippen LogP contribution in [0.5, 0.6) is 0 Å². The lowest BCUT2D eigenvalue weighted by molar-refractivity contribution is -0.129. The third-order valence-electron chi connectivity index (χ3n) is 6.52. The van der Waals surface area contributed by atoms with Crippen molar-refractivity contribution in [1.29, 1.82) is 0 Å². The SMILES string of the molecule is CC(=O)N[C@@H](C(=O)N[C@@H]1C[C@H]2CC[C@@H]1N2Cc1nc2c(o1)CCCC2)C(C)C. The van der Waals surface area contributed by atoms with Gasteiger partial charge >= 0.3 is 0 Å². The molecule has 4 atom stereocenters. The topological polar surface area (TPSA) is 87.5 Å². The molecule has 2 bridgehead atoms. The maximum Gasteiger partial charge on any atom is 0.243 e. The summed E-state index contributed by atoms with van der Waals surface area (Å²) in [7, 11) is 0. The van der Waals surface area contributed by atoms with Crippen LogP contribution in [-0.4, -0.2) is 45.9 Å². The minimum atomic E-state index is -0.483. The van der Waals surface area contributed by atoms with Crippen molar-refractivity contribution in [3.8, 4) is 0 Å². The van der Waals surface area contributed by atoms with E-state index in [1.54, 1.807) is 0 Å². The van der Waals surface area contributed by atoms with Gasteiger partial charge in [0.2, 0.25) is 17.7 Å². The Morgan fingerprint density at radius 3 is 2.75 bits per heavy atom. The second-order valence-electron chi connectivity index (χ2n) is 8.93. The number of nitrogens with zero attached hydrogens (tertiary/aromatic N) is 2. The molecule has 0 unspecified atom stereocenters. The van der Waals surface area contributed by atoms with Crippen molar-refractivity contribution in [2.75, 3.05) is 0 Å². The number of amides is 2. The maximum absolute atomic E-state index is 12.8. The molecule has 2 amide bonds. The summed E-state index contributed by atoms with van der Waals surface area (Å²) in [5, 5.41) is 6.00. The molecule has 0 radical (unpaired) electrons. The molecule has 7 nitrogen and oxygen atoms in total. The molecule has 1 aliphatic carbocycles. The Kier molecular flexibility index (Phi) is 5.45. The first-order chi connectivity index (χ1) is 13.4. The molecule has 2 fully saturated rings. The zero-order valence-corrected chi connectivity index (χ0v) is 17.2. The van der Waals surface area contributed by atoms with E-state index in [-0.39, 0.29) is 23.8 Å². The van der Waals surface area contributed by atoms with Crippen LogP contribution in [0, 0.1) is 5.92 Å². The summed E-state index contributed by atoms with van der Waals surface area (Å²) >= 11 is 0. The van der Waals surface area contributed by atoms with E-state index in [0.717, 1.165) is 56.0 Å². The molecule has 154 valence electrons. The highest BCUT2D eigenvalue weighted by atomic mass is 16.4. The van der Waals surface area contributed by atoms with Crippen molar-refractivity contribution >= 4 is 11.8 Å². The van der Waals surface area contributed by atoms with Crippen LogP contribution < -0.4 is 10.6 Å². The van der Waals surface area contributed by atoms with Gasteiger partial charge in [-0.1, -0.05) is 13.8 Å². The van der Waals surface area contributed by atoms with Gasteiger partial charge in [-0.15, -0.1) is 0 Å². The summed E-state index contributed by atoms with van der Waals surface area (Å²) in [5.41, 5.74) is 1.15. The highest BCUT2D eigenvalue weighted by Crippen LogP contribution is 2.39. The van der Waals surface area contributed by atoms with Gasteiger partial charge in [0.25, 0.3) is 0 Å². The van der Waals surface area contributed by atoms with Crippen molar-refractivity contribution in [1.82, 2.24) is 20.5 Å². The Bertz CT molecular complexity index is 721. The van der Waals surface area contributed by atoms with Crippen molar-refractivity contribution in [3.63, 3.8) is 0 Å². The number of rotatable bonds is 6. The van der Waals surface area contributed by atoms with Crippen LogP contribution in [0.1, 0.15) is 70.2 Å². The van der Waals surface area contributed by atoms with Gasteiger partial charge in [0.15, 0.2) is 0 Å². The van der Waals surface area contributed by atoms with Crippen molar-refractivity contribution < 1.29 is 14.0 Å². The van der Waals surface area contributed by atoms with Crippen LogP contribution >= 0.6 is 0 Å². The first-order valence-electron chi connectivity index (χ1n) is 10.7. The van der Waals surface area contributed by atoms with E-state index in [0.29, 0.717) is 12.1 Å². The van der Waals surface area contributed by atoms with E-state index in [2.05, 4.69) is 15.5 Å². The number of oxazole rings is 1. The fraction of sp³-hybridized carbons (Fsp3) is 0.762. The van der Waals surface area contributed by atoms with Gasteiger partial charge in [0, 0.05) is 31.5 Å². The van der Waals surface area contributed by atoms with E-state index in [1.807, 2.05) is 13.8 Å². The summed E-state index contributed by atoms with van der Waals surface area (Å²) in [6, 6.07) is 0.440. The molecule has 7 heteroatoms. The lowest BCUT2D eigenvalue weighted by Crippen LogP contribution is -2.54. The van der Waals surface area contributed by atoms with E-state index in [4.69, 9.17) is 9.40 Å². The van der Waals surface area contributed by atoms with Crippen LogP contribution in [0.2, 0.25) is 0 Å². The average molecular weight is 389 g/mol. The predicted molar refractivity (Wildman–Crippen MR) is 104 cm³/mol. The van der Waals surface area contributed by atoms with E-state index >= 15 is 0 Å². The fourth-order valence-corrected chi connectivity index (χ4v) is 5.16. The Morgan fingerprint density at radius 2 is 2.04 bits per heavy atom. The Balaban J connectivity index is 1.40. The number of fused-ring (bicyclic) bond motifs is 3. The molecule has 28 heavy (non-hydrogen) atoms. The minimum absolute atomic E-state index is 0.0530. The van der Waals surface area contributed by atoms with Gasteiger partial charge in [-0.3, -0.25) is 14.5 Å². The molecule has 3 aliphatic rings. The van der Waals surface area contributed by atoms with Crippen LogP contribution in [0.25, 0.3) is 0 Å². The summed E-state index contributed by atoms with van der Waals surface area (Å²) in [6.07, 6.45) is 7.64. The highest BCUT2D eigenvalue weighted by molar-refractivity contribution is 5.87. The third kappa shape index (κ3) is 3.81. The minimum Gasteiger partial charge on any atom is -0.444 e. The van der Waals surface area contributed by atoms with E-state index < -0.39 is 6.04 Å². The van der Waals surface area contributed by atoms with Gasteiger partial charge in [-0.2, -0.15) is 0 Å². The molecular weight excluding hydrogens is 356 g/mol. The summed E-state index contributed by atoms with van der Waals surface area (Å²) in [6.45, 7) is 6.10. The average Bonchev–Trinajstić information content (AvgIpc) is 3.31. The molecule has 0 saturated carbocycles. The lowest BCUT2D eigenvalue weighted by atomic mass is 9.94. The van der Waals surface area contributed by atoms with Crippen LogP contribution in [0.15, 0.2) is 4.42 Å². The van der Waals surface area contributed by atoms with Crippen molar-refractivity contribution in [3.05, 3.63) is 17.3 Å². The number of nitrogens with one attached hydrogen (secondary N) is 2. The molecule has 1 aromatic heterocycles. The van der Waals surface area contributed by atoms with Crippen molar-refractivity contribution in [2.24, 2.45) is 5.92 Å². The third-order valence-corrected chi connectivity index (χ3v) is 6.52. The van der Waals surface area contributed by atoms with Crippen molar-refractivity contribution in [2.45, 2.75) is 96.4 Å². The largest absolute Gasteiger partial charge is 0.444 e. The zero-order valence-electron chi connectivity index (χ0n) is 17.2. The smallest absolute Gasteiger partial charge is 0.243 e. The molecule has 3 heterocycles. The molecule has 1 aromatic rings. The molecule has 0 spiro atoms. The first kappa shape index (κ1) is 19.4. The monoisotopic (exact) mass is 388 g/mol. The van der Waals surface area contributed by atoms with Crippen LogP contribution in [0.4, 0.5) is 0 Å². The van der Waals surface area contributed by atoms with Gasteiger partial charge in [-0.25, -0.2) is 4.98 Å². The summed E-state index contributed by atoms with van der Waals surface area (Å²) in [5.74, 6) is 1.71. The fourth-order valence-electron chi connectivity index (χ4n) is 5.16. The molecule has 2 saturated heterocycles. The molecule has 2 aliphatic heterocycles. The zero-order chi connectivity index (χ0) is 19.8. The number of aromatic nitrogens is 1. The predicted octanol–water partition coefficient (Wildman–Crippen LogP) is 1.94. The van der Waals surface area contributed by atoms with Gasteiger partial charge in [0.05, 0.1) is 12.2 Å². The number of hydrogen-bond donors (Lipinski definition) is 2. The number of carbonyl (C=O) groups excluding carboxylic acids is 2. The van der Waals surface area contributed by atoms with E-state index in [1.165, 1.54) is 19.8 Å². The summed E-state index contributed by atoms with van der Waals surface area (Å²) in [4.78, 5) is 31.4. The van der Waals surface area contributed by atoms with Crippen LogP contribution in [-0.2, 0) is 29.0 Å². The van der Waals surface area contributed by atoms with Gasteiger partial charge in [0.1, 0.15) is 11.8 Å². The molecule has 4 rings (SSSR count). The Morgan fingerprint density at radius 1 is 1.25 bits per heavy atom. The summed E-state index contributed by atoms with van der Waals surface area (Å²) < 4.78 is 6.03. The quantitative estimate of drug-likeness (QED) is 0.778. The van der Waals surface area contributed by atoms with Gasteiger partial charge < -0.3 is 15.1 Å².